The second-order valence-electron chi connectivity index (χ2n) is 3.98. The SMILES string of the molecule is C=CCCC(CCc1ccccn1)NCC. The Morgan fingerprint density at radius 2 is 2.31 bits per heavy atom. The molecule has 0 bridgehead atoms. The van der Waals surface area contributed by atoms with Crippen molar-refractivity contribution in [3.8, 4) is 0 Å². The van der Waals surface area contributed by atoms with Gasteiger partial charge in [-0.15, -0.1) is 6.58 Å². The minimum atomic E-state index is 0.588. The number of aryl methyl sites for hydroxylation is 1. The summed E-state index contributed by atoms with van der Waals surface area (Å²) in [4.78, 5) is 4.34. The molecule has 2 heteroatoms. The molecule has 1 heterocycles. The Hall–Kier alpha value is -1.15. The number of rotatable bonds is 8. The summed E-state index contributed by atoms with van der Waals surface area (Å²) in [5, 5.41) is 3.51. The van der Waals surface area contributed by atoms with Crippen molar-refractivity contribution >= 4 is 0 Å². The number of nitrogens with zero attached hydrogens (tertiary/aromatic N) is 1. The number of allylic oxidation sites excluding steroid dienone is 1. The highest BCUT2D eigenvalue weighted by Gasteiger charge is 2.06. The smallest absolute Gasteiger partial charge is 0.0404 e. The van der Waals surface area contributed by atoms with Crippen LogP contribution in [0.1, 0.15) is 31.9 Å². The first-order valence-corrected chi connectivity index (χ1v) is 6.11. The van der Waals surface area contributed by atoms with E-state index in [9.17, 15) is 0 Å². The monoisotopic (exact) mass is 218 g/mol. The van der Waals surface area contributed by atoms with E-state index >= 15 is 0 Å². The summed E-state index contributed by atoms with van der Waals surface area (Å²) < 4.78 is 0. The molecule has 1 atom stereocenters. The molecule has 0 radical (unpaired) electrons. The average Bonchev–Trinajstić information content (AvgIpc) is 2.34. The van der Waals surface area contributed by atoms with Gasteiger partial charge in [-0.25, -0.2) is 0 Å². The van der Waals surface area contributed by atoms with Crippen LogP contribution in [0.5, 0.6) is 0 Å². The molecule has 1 rings (SSSR count). The van der Waals surface area contributed by atoms with E-state index in [-0.39, 0.29) is 0 Å². The summed E-state index contributed by atoms with van der Waals surface area (Å²) in [6, 6.07) is 6.69. The first kappa shape index (κ1) is 12.9. The van der Waals surface area contributed by atoms with Crippen LogP contribution in [0.15, 0.2) is 37.1 Å². The summed E-state index contributed by atoms with van der Waals surface area (Å²) in [5.41, 5.74) is 1.18. The normalized spacial score (nSPS) is 12.3. The molecule has 0 aliphatic heterocycles. The summed E-state index contributed by atoms with van der Waals surface area (Å²) in [6.07, 6.45) is 8.31. The first-order chi connectivity index (χ1) is 7.86. The van der Waals surface area contributed by atoms with Crippen LogP contribution in [0.25, 0.3) is 0 Å². The van der Waals surface area contributed by atoms with Crippen molar-refractivity contribution in [3.05, 3.63) is 42.7 Å². The van der Waals surface area contributed by atoms with Crippen molar-refractivity contribution in [2.24, 2.45) is 0 Å². The Morgan fingerprint density at radius 3 is 2.94 bits per heavy atom. The van der Waals surface area contributed by atoms with Crippen molar-refractivity contribution in [1.29, 1.82) is 0 Å². The fourth-order valence-electron chi connectivity index (χ4n) is 1.82. The zero-order valence-electron chi connectivity index (χ0n) is 10.2. The van der Waals surface area contributed by atoms with Crippen molar-refractivity contribution in [2.45, 2.75) is 38.6 Å². The number of nitrogens with one attached hydrogen (secondary N) is 1. The molecule has 0 aliphatic rings. The van der Waals surface area contributed by atoms with Gasteiger partial charge in [-0.2, -0.15) is 0 Å². The van der Waals surface area contributed by atoms with E-state index < -0.39 is 0 Å². The summed E-state index contributed by atoms with van der Waals surface area (Å²) in [5.74, 6) is 0. The number of pyridine rings is 1. The molecule has 1 N–H and O–H groups in total. The predicted octanol–water partition coefficient (Wildman–Crippen LogP) is 2.96. The van der Waals surface area contributed by atoms with Crippen LogP contribution in [0, 0.1) is 0 Å². The van der Waals surface area contributed by atoms with Gasteiger partial charge >= 0.3 is 0 Å². The molecular formula is C14H22N2. The molecule has 0 aromatic carbocycles. The quantitative estimate of drug-likeness (QED) is 0.679. The molecule has 16 heavy (non-hydrogen) atoms. The predicted molar refractivity (Wildman–Crippen MR) is 69.5 cm³/mol. The van der Waals surface area contributed by atoms with Gasteiger partial charge in [0.25, 0.3) is 0 Å². The Balaban J connectivity index is 2.34. The topological polar surface area (TPSA) is 24.9 Å². The van der Waals surface area contributed by atoms with E-state index in [1.807, 2.05) is 24.4 Å². The zero-order chi connectivity index (χ0) is 11.6. The highest BCUT2D eigenvalue weighted by atomic mass is 14.9. The van der Waals surface area contributed by atoms with Crippen LogP contribution in [-0.2, 0) is 6.42 Å². The largest absolute Gasteiger partial charge is 0.314 e. The van der Waals surface area contributed by atoms with Crippen molar-refractivity contribution in [1.82, 2.24) is 10.3 Å². The van der Waals surface area contributed by atoms with E-state index in [0.29, 0.717) is 6.04 Å². The standard InChI is InChI=1S/C14H22N2/c1-3-5-8-13(15-4-2)10-11-14-9-6-7-12-16-14/h3,6-7,9,12-13,15H,1,4-5,8,10-11H2,2H3. The molecule has 1 unspecified atom stereocenters. The highest BCUT2D eigenvalue weighted by molar-refractivity contribution is 5.03. The fourth-order valence-corrected chi connectivity index (χ4v) is 1.82. The van der Waals surface area contributed by atoms with E-state index in [4.69, 9.17) is 0 Å². The van der Waals surface area contributed by atoms with Gasteiger partial charge in [0, 0.05) is 17.9 Å². The van der Waals surface area contributed by atoms with Gasteiger partial charge in [-0.1, -0.05) is 19.1 Å². The van der Waals surface area contributed by atoms with Gasteiger partial charge in [0.2, 0.25) is 0 Å². The zero-order valence-corrected chi connectivity index (χ0v) is 10.2. The molecule has 0 spiro atoms. The van der Waals surface area contributed by atoms with Crippen molar-refractivity contribution < 1.29 is 0 Å². The van der Waals surface area contributed by atoms with Crippen molar-refractivity contribution in [2.75, 3.05) is 6.54 Å². The molecule has 0 saturated heterocycles. The summed E-state index contributed by atoms with van der Waals surface area (Å²) in [6.45, 7) is 6.96. The van der Waals surface area contributed by atoms with Gasteiger partial charge in [0.1, 0.15) is 0 Å². The van der Waals surface area contributed by atoms with Gasteiger partial charge in [-0.05, 0) is 44.4 Å². The third kappa shape index (κ3) is 5.08. The van der Waals surface area contributed by atoms with Gasteiger partial charge in [-0.3, -0.25) is 4.98 Å². The molecule has 2 nitrogen and oxygen atoms in total. The second-order valence-corrected chi connectivity index (χ2v) is 3.98. The van der Waals surface area contributed by atoms with E-state index in [0.717, 1.165) is 25.8 Å². The third-order valence-electron chi connectivity index (χ3n) is 2.69. The van der Waals surface area contributed by atoms with Crippen LogP contribution in [0.2, 0.25) is 0 Å². The summed E-state index contributed by atoms with van der Waals surface area (Å²) >= 11 is 0. The Bertz CT molecular complexity index is 282. The van der Waals surface area contributed by atoms with E-state index in [2.05, 4.69) is 29.9 Å². The maximum Gasteiger partial charge on any atom is 0.0404 e. The van der Waals surface area contributed by atoms with Gasteiger partial charge in [0.15, 0.2) is 0 Å². The fraction of sp³-hybridized carbons (Fsp3) is 0.500. The minimum absolute atomic E-state index is 0.588. The number of hydrogen-bond acceptors (Lipinski definition) is 2. The van der Waals surface area contributed by atoms with Crippen LogP contribution in [0.3, 0.4) is 0 Å². The van der Waals surface area contributed by atoms with Crippen LogP contribution in [-0.4, -0.2) is 17.6 Å². The van der Waals surface area contributed by atoms with Crippen molar-refractivity contribution in [3.63, 3.8) is 0 Å². The molecule has 0 fully saturated rings. The number of hydrogen-bond donors (Lipinski definition) is 1. The molecule has 0 amide bonds. The Kier molecular flexibility index (Phi) is 6.50. The van der Waals surface area contributed by atoms with Crippen LogP contribution >= 0.6 is 0 Å². The lowest BCUT2D eigenvalue weighted by atomic mass is 10.0. The second kappa shape index (κ2) is 8.05. The molecule has 1 aromatic heterocycles. The van der Waals surface area contributed by atoms with E-state index in [1.165, 1.54) is 12.1 Å². The summed E-state index contributed by atoms with van der Waals surface area (Å²) in [7, 11) is 0. The van der Waals surface area contributed by atoms with Gasteiger partial charge in [0.05, 0.1) is 0 Å². The molecule has 88 valence electrons. The van der Waals surface area contributed by atoms with E-state index in [1.54, 1.807) is 0 Å². The lowest BCUT2D eigenvalue weighted by Gasteiger charge is -2.16. The molecule has 0 aliphatic carbocycles. The Morgan fingerprint density at radius 1 is 1.44 bits per heavy atom. The number of aromatic nitrogens is 1. The lowest BCUT2D eigenvalue weighted by Crippen LogP contribution is -2.29. The van der Waals surface area contributed by atoms with Crippen LogP contribution < -0.4 is 5.32 Å². The molecule has 1 aromatic rings. The highest BCUT2D eigenvalue weighted by Crippen LogP contribution is 2.07. The Labute approximate surface area is 98.8 Å². The molecular weight excluding hydrogens is 196 g/mol. The first-order valence-electron chi connectivity index (χ1n) is 6.11. The molecule has 0 saturated carbocycles. The minimum Gasteiger partial charge on any atom is -0.314 e. The van der Waals surface area contributed by atoms with Crippen LogP contribution in [0.4, 0.5) is 0 Å². The maximum absolute atomic E-state index is 4.34. The third-order valence-corrected chi connectivity index (χ3v) is 2.69. The lowest BCUT2D eigenvalue weighted by molar-refractivity contribution is 0.465. The van der Waals surface area contributed by atoms with Gasteiger partial charge < -0.3 is 5.32 Å². The average molecular weight is 218 g/mol. The maximum atomic E-state index is 4.34.